The number of urea groups is 1. The molecule has 4 N–H and O–H groups in total. The van der Waals surface area contributed by atoms with Crippen molar-refractivity contribution in [3.63, 3.8) is 0 Å². The Balaban J connectivity index is 1.64. The number of carbonyl (C=O) groups excluding carboxylic acids is 2. The third-order valence-electron chi connectivity index (χ3n) is 4.55. The number of carbonyl (C=O) groups is 2. The van der Waals surface area contributed by atoms with E-state index in [4.69, 9.17) is 17.3 Å². The van der Waals surface area contributed by atoms with Crippen molar-refractivity contribution >= 4 is 23.5 Å². The predicted octanol–water partition coefficient (Wildman–Crippen LogP) is 3.50. The van der Waals surface area contributed by atoms with E-state index in [1.807, 2.05) is 42.0 Å². The molecule has 29 heavy (non-hydrogen) atoms. The number of nitrogens with one attached hydrogen (secondary N) is 2. The molecule has 3 rings (SSSR count). The van der Waals surface area contributed by atoms with E-state index >= 15 is 0 Å². The highest BCUT2D eigenvalue weighted by Gasteiger charge is 2.19. The first-order valence-electron chi connectivity index (χ1n) is 9.11. The van der Waals surface area contributed by atoms with E-state index in [0.29, 0.717) is 5.02 Å². The van der Waals surface area contributed by atoms with Crippen LogP contribution >= 0.6 is 11.6 Å². The molecule has 2 aromatic carbocycles. The van der Waals surface area contributed by atoms with Gasteiger partial charge in [-0.2, -0.15) is 0 Å². The number of amides is 3. The summed E-state index contributed by atoms with van der Waals surface area (Å²) in [6.07, 6.45) is 5.36. The van der Waals surface area contributed by atoms with Crippen molar-refractivity contribution < 1.29 is 9.59 Å². The summed E-state index contributed by atoms with van der Waals surface area (Å²) in [6.45, 7) is 1.91. The van der Waals surface area contributed by atoms with Gasteiger partial charge < -0.3 is 20.9 Å². The zero-order valence-corrected chi connectivity index (χ0v) is 16.6. The number of imidazole rings is 1. The highest BCUT2D eigenvalue weighted by atomic mass is 35.5. The molecule has 0 radical (unpaired) electrons. The zero-order valence-electron chi connectivity index (χ0n) is 15.9. The van der Waals surface area contributed by atoms with Gasteiger partial charge in [0, 0.05) is 23.1 Å². The summed E-state index contributed by atoms with van der Waals surface area (Å²) in [5.41, 5.74) is 7.97. The Morgan fingerprint density at radius 2 is 1.72 bits per heavy atom. The molecule has 1 aromatic heterocycles. The van der Waals surface area contributed by atoms with E-state index in [9.17, 15) is 9.59 Å². The van der Waals surface area contributed by atoms with Gasteiger partial charge in [0.2, 0.25) is 5.91 Å². The van der Waals surface area contributed by atoms with E-state index < -0.39 is 12.1 Å². The Hall–Kier alpha value is -3.32. The average Bonchev–Trinajstić information content (AvgIpc) is 3.22. The van der Waals surface area contributed by atoms with Crippen LogP contribution in [0.25, 0.3) is 5.69 Å². The number of benzene rings is 2. The van der Waals surface area contributed by atoms with Crippen molar-refractivity contribution in [1.29, 1.82) is 0 Å². The van der Waals surface area contributed by atoms with Crippen LogP contribution in [0.15, 0.2) is 67.3 Å². The summed E-state index contributed by atoms with van der Waals surface area (Å²) < 4.78 is 1.90. The molecule has 0 aliphatic rings. The Kier molecular flexibility index (Phi) is 6.51. The van der Waals surface area contributed by atoms with Crippen molar-refractivity contribution in [2.75, 3.05) is 0 Å². The molecule has 8 heteroatoms. The first-order chi connectivity index (χ1) is 13.9. The van der Waals surface area contributed by atoms with E-state index in [0.717, 1.165) is 16.8 Å². The van der Waals surface area contributed by atoms with Crippen LogP contribution in [0.5, 0.6) is 0 Å². The second-order valence-corrected chi connectivity index (χ2v) is 7.10. The fourth-order valence-electron chi connectivity index (χ4n) is 3.04. The van der Waals surface area contributed by atoms with Crippen LogP contribution in [0, 0.1) is 0 Å². The maximum absolute atomic E-state index is 12.6. The second kappa shape index (κ2) is 9.25. The number of nitrogens with zero attached hydrogens (tertiary/aromatic N) is 2. The minimum atomic E-state index is -0.694. The molecular formula is C21H22ClN5O2. The fourth-order valence-corrected chi connectivity index (χ4v) is 3.16. The van der Waals surface area contributed by atoms with Gasteiger partial charge in [0.1, 0.15) is 0 Å². The first-order valence-corrected chi connectivity index (χ1v) is 9.49. The third kappa shape index (κ3) is 5.58. The highest BCUT2D eigenvalue weighted by Crippen LogP contribution is 2.21. The average molecular weight is 412 g/mol. The molecule has 0 aliphatic heterocycles. The summed E-state index contributed by atoms with van der Waals surface area (Å²) in [5, 5.41) is 6.14. The Morgan fingerprint density at radius 3 is 2.31 bits per heavy atom. The molecule has 7 nitrogen and oxygen atoms in total. The number of halogens is 1. The smallest absolute Gasteiger partial charge is 0.312 e. The van der Waals surface area contributed by atoms with Crippen molar-refractivity contribution in [3.05, 3.63) is 83.4 Å². The highest BCUT2D eigenvalue weighted by molar-refractivity contribution is 6.30. The molecule has 0 unspecified atom stereocenters. The number of nitrogens with two attached hydrogens (primary N) is 1. The summed E-state index contributed by atoms with van der Waals surface area (Å²) in [6, 6.07) is 13.3. The zero-order chi connectivity index (χ0) is 20.8. The van der Waals surface area contributed by atoms with Crippen LogP contribution in [-0.2, 0) is 4.79 Å². The lowest BCUT2D eigenvalue weighted by atomic mass is 10.0. The van der Waals surface area contributed by atoms with Crippen LogP contribution in [0.4, 0.5) is 4.79 Å². The SMILES string of the molecule is C[C@H](NC(=O)C[C@H](NC(N)=O)c1ccc(Cl)cc1)c1ccc(-n2ccnc2)cc1. The van der Waals surface area contributed by atoms with Gasteiger partial charge in [-0.1, -0.05) is 35.9 Å². The van der Waals surface area contributed by atoms with E-state index in [1.54, 1.807) is 36.8 Å². The van der Waals surface area contributed by atoms with Crippen LogP contribution in [0.3, 0.4) is 0 Å². The Morgan fingerprint density at radius 1 is 1.07 bits per heavy atom. The third-order valence-corrected chi connectivity index (χ3v) is 4.80. The van der Waals surface area contributed by atoms with Gasteiger partial charge in [-0.25, -0.2) is 9.78 Å². The van der Waals surface area contributed by atoms with E-state index in [1.165, 1.54) is 0 Å². The first kappa shape index (κ1) is 20.4. The molecular weight excluding hydrogens is 390 g/mol. The van der Waals surface area contributed by atoms with Gasteiger partial charge >= 0.3 is 6.03 Å². The molecule has 3 aromatic rings. The topological polar surface area (TPSA) is 102 Å². The van der Waals surface area contributed by atoms with Gasteiger partial charge in [0.05, 0.1) is 24.8 Å². The van der Waals surface area contributed by atoms with Gasteiger partial charge in [-0.15, -0.1) is 0 Å². The molecule has 0 saturated carbocycles. The number of rotatable bonds is 7. The molecule has 0 aliphatic carbocycles. The quantitative estimate of drug-likeness (QED) is 0.554. The molecule has 0 saturated heterocycles. The van der Waals surface area contributed by atoms with Gasteiger partial charge in [-0.3, -0.25) is 4.79 Å². The van der Waals surface area contributed by atoms with E-state index in [2.05, 4.69) is 15.6 Å². The molecule has 0 fully saturated rings. The summed E-state index contributed by atoms with van der Waals surface area (Å²) in [7, 11) is 0. The maximum Gasteiger partial charge on any atom is 0.312 e. The van der Waals surface area contributed by atoms with Crippen LogP contribution in [0.2, 0.25) is 5.02 Å². The predicted molar refractivity (Wildman–Crippen MR) is 112 cm³/mol. The van der Waals surface area contributed by atoms with Crippen molar-refractivity contribution in [1.82, 2.24) is 20.2 Å². The van der Waals surface area contributed by atoms with E-state index in [-0.39, 0.29) is 18.4 Å². The molecule has 3 amide bonds. The molecule has 2 atom stereocenters. The largest absolute Gasteiger partial charge is 0.352 e. The lowest BCUT2D eigenvalue weighted by molar-refractivity contribution is -0.122. The van der Waals surface area contributed by atoms with Gasteiger partial charge in [0.25, 0.3) is 0 Å². The van der Waals surface area contributed by atoms with Gasteiger partial charge in [-0.05, 0) is 42.3 Å². The van der Waals surface area contributed by atoms with Crippen LogP contribution in [-0.4, -0.2) is 21.5 Å². The molecule has 1 heterocycles. The summed E-state index contributed by atoms with van der Waals surface area (Å²) in [4.78, 5) is 28.0. The summed E-state index contributed by atoms with van der Waals surface area (Å²) >= 11 is 5.91. The van der Waals surface area contributed by atoms with Crippen molar-refractivity contribution in [3.8, 4) is 5.69 Å². The fraction of sp³-hybridized carbons (Fsp3) is 0.190. The number of aromatic nitrogens is 2. The normalized spacial score (nSPS) is 12.8. The van der Waals surface area contributed by atoms with Crippen molar-refractivity contribution in [2.45, 2.75) is 25.4 Å². The number of hydrogen-bond donors (Lipinski definition) is 3. The molecule has 0 spiro atoms. The van der Waals surface area contributed by atoms with Gasteiger partial charge in [0.15, 0.2) is 0 Å². The Labute approximate surface area is 173 Å². The van der Waals surface area contributed by atoms with Crippen LogP contribution < -0.4 is 16.4 Å². The minimum Gasteiger partial charge on any atom is -0.352 e. The van der Waals surface area contributed by atoms with Crippen molar-refractivity contribution in [2.24, 2.45) is 5.73 Å². The minimum absolute atomic E-state index is 0.0576. The van der Waals surface area contributed by atoms with Crippen LogP contribution in [0.1, 0.15) is 36.6 Å². The number of hydrogen-bond acceptors (Lipinski definition) is 3. The second-order valence-electron chi connectivity index (χ2n) is 6.67. The standard InChI is InChI=1S/C21H22ClN5O2/c1-14(15-4-8-18(9-5-15)27-11-10-24-13-27)25-20(28)12-19(26-21(23)29)16-2-6-17(22)7-3-16/h2-11,13-14,19H,12H2,1H3,(H,25,28)(H3,23,26,29)/t14-,19-/m0/s1. The summed E-state index contributed by atoms with van der Waals surface area (Å²) in [5.74, 6) is -0.204. The molecule has 150 valence electrons. The number of primary amides is 1. The monoisotopic (exact) mass is 411 g/mol. The lowest BCUT2D eigenvalue weighted by Crippen LogP contribution is -2.37. The maximum atomic E-state index is 12.6. The molecule has 0 bridgehead atoms. The Bertz CT molecular complexity index is 956. The lowest BCUT2D eigenvalue weighted by Gasteiger charge is -2.20.